The summed E-state index contributed by atoms with van der Waals surface area (Å²) in [4.78, 5) is 4.69. The number of nitrogens with zero attached hydrogens (tertiary/aromatic N) is 1. The smallest absolute Gasteiger partial charge is 0.0746 e. The van der Waals surface area contributed by atoms with Crippen molar-refractivity contribution in [2.24, 2.45) is 0 Å². The normalized spacial score (nSPS) is 19.4. The Morgan fingerprint density at radius 1 is 1.00 bits per heavy atom. The van der Waals surface area contributed by atoms with E-state index in [2.05, 4.69) is 18.2 Å². The lowest BCUT2D eigenvalue weighted by molar-refractivity contribution is 0.995. The number of para-hydroxylation sites is 1. The molecule has 0 fully saturated rings. The molecule has 3 heteroatoms. The summed E-state index contributed by atoms with van der Waals surface area (Å²) in [5, 5.41) is 2.72. The van der Waals surface area contributed by atoms with E-state index >= 15 is 0 Å². The summed E-state index contributed by atoms with van der Waals surface area (Å²) in [5.41, 5.74) is 5.22. The second kappa shape index (κ2) is 4.91. The first-order valence-electron chi connectivity index (χ1n) is 6.60. The fraction of sp³-hybridized carbons (Fsp3) is 0.235. The van der Waals surface area contributed by atoms with Gasteiger partial charge in [-0.3, -0.25) is 4.98 Å². The van der Waals surface area contributed by atoms with Gasteiger partial charge in [-0.15, -0.1) is 0 Å². The number of pyridine rings is 1. The van der Waals surface area contributed by atoms with Crippen LogP contribution in [0, 0.1) is 6.92 Å². The minimum Gasteiger partial charge on any atom is -0.253 e. The first kappa shape index (κ1) is 13.7. The number of benzene rings is 1. The molecule has 20 heavy (non-hydrogen) atoms. The van der Waals surface area contributed by atoms with Gasteiger partial charge in [0.25, 0.3) is 0 Å². The SMILES string of the molecule is CC1=C(Cl)C(c2cccc3ccc(C)nc23)C(C)=C1Cl. The van der Waals surface area contributed by atoms with Crippen molar-refractivity contribution in [3.63, 3.8) is 0 Å². The molecule has 0 aliphatic heterocycles. The third kappa shape index (κ3) is 1.97. The van der Waals surface area contributed by atoms with Crippen molar-refractivity contribution in [2.75, 3.05) is 0 Å². The van der Waals surface area contributed by atoms with E-state index in [9.17, 15) is 0 Å². The van der Waals surface area contributed by atoms with Crippen LogP contribution in [0.25, 0.3) is 10.9 Å². The van der Waals surface area contributed by atoms with Gasteiger partial charge < -0.3 is 0 Å². The van der Waals surface area contributed by atoms with Crippen molar-refractivity contribution in [3.8, 4) is 0 Å². The van der Waals surface area contributed by atoms with Crippen LogP contribution in [0.5, 0.6) is 0 Å². The average Bonchev–Trinajstić information content (AvgIpc) is 2.63. The van der Waals surface area contributed by atoms with Gasteiger partial charge >= 0.3 is 0 Å². The van der Waals surface area contributed by atoms with Crippen LogP contribution in [0.3, 0.4) is 0 Å². The number of fused-ring (bicyclic) bond motifs is 1. The number of halogens is 2. The maximum Gasteiger partial charge on any atom is 0.0746 e. The molecule has 1 aromatic heterocycles. The quantitative estimate of drug-likeness (QED) is 0.662. The number of hydrogen-bond acceptors (Lipinski definition) is 1. The van der Waals surface area contributed by atoms with Crippen molar-refractivity contribution in [2.45, 2.75) is 26.7 Å². The molecule has 0 N–H and O–H groups in total. The second-order valence-electron chi connectivity index (χ2n) is 5.27. The molecule has 0 radical (unpaired) electrons. The Bertz CT molecular complexity index is 748. The molecule has 1 aliphatic carbocycles. The number of rotatable bonds is 1. The van der Waals surface area contributed by atoms with E-state index in [1.54, 1.807) is 0 Å². The van der Waals surface area contributed by atoms with Gasteiger partial charge in [-0.2, -0.15) is 0 Å². The first-order valence-corrected chi connectivity index (χ1v) is 7.35. The number of hydrogen-bond donors (Lipinski definition) is 0. The zero-order chi connectivity index (χ0) is 14.4. The third-order valence-electron chi connectivity index (χ3n) is 3.92. The van der Waals surface area contributed by atoms with E-state index in [-0.39, 0.29) is 5.92 Å². The van der Waals surface area contributed by atoms with Gasteiger partial charge in [-0.25, -0.2) is 0 Å². The van der Waals surface area contributed by atoms with Gasteiger partial charge in [-0.1, -0.05) is 47.5 Å². The van der Waals surface area contributed by atoms with Crippen LogP contribution in [-0.4, -0.2) is 4.98 Å². The molecule has 0 bridgehead atoms. The van der Waals surface area contributed by atoms with Crippen molar-refractivity contribution in [1.29, 1.82) is 0 Å². The molecule has 0 saturated heterocycles. The Balaban J connectivity index is 2.29. The summed E-state index contributed by atoms with van der Waals surface area (Å²) < 4.78 is 0. The predicted octanol–water partition coefficient (Wildman–Crippen LogP) is 5.67. The van der Waals surface area contributed by atoms with Gasteiger partial charge in [0.1, 0.15) is 0 Å². The Labute approximate surface area is 128 Å². The fourth-order valence-electron chi connectivity index (χ4n) is 2.80. The molecule has 3 rings (SSSR count). The van der Waals surface area contributed by atoms with Crippen molar-refractivity contribution in [3.05, 3.63) is 62.8 Å². The molecular formula is C17H15Cl2N. The zero-order valence-electron chi connectivity index (χ0n) is 11.7. The highest BCUT2D eigenvalue weighted by molar-refractivity contribution is 6.38. The lowest BCUT2D eigenvalue weighted by atomic mass is 9.92. The lowest BCUT2D eigenvalue weighted by Gasteiger charge is -2.16. The van der Waals surface area contributed by atoms with Crippen LogP contribution in [0.15, 0.2) is 51.5 Å². The van der Waals surface area contributed by atoms with E-state index in [1.165, 1.54) is 0 Å². The second-order valence-corrected chi connectivity index (χ2v) is 6.06. The highest BCUT2D eigenvalue weighted by atomic mass is 35.5. The Kier molecular flexibility index (Phi) is 3.35. The third-order valence-corrected chi connectivity index (χ3v) is 5.01. The van der Waals surface area contributed by atoms with Crippen LogP contribution in [0.1, 0.15) is 31.0 Å². The summed E-state index contributed by atoms with van der Waals surface area (Å²) in [6.07, 6.45) is 0. The van der Waals surface area contributed by atoms with Crippen LogP contribution >= 0.6 is 23.2 Å². The first-order chi connectivity index (χ1) is 9.50. The van der Waals surface area contributed by atoms with Crippen LogP contribution in [-0.2, 0) is 0 Å². The largest absolute Gasteiger partial charge is 0.253 e. The van der Waals surface area contributed by atoms with Gasteiger partial charge in [0, 0.05) is 27.1 Å². The van der Waals surface area contributed by atoms with E-state index < -0.39 is 0 Å². The fourth-order valence-corrected chi connectivity index (χ4v) is 3.44. The Hall–Kier alpha value is -1.31. The topological polar surface area (TPSA) is 12.9 Å². The van der Waals surface area contributed by atoms with Gasteiger partial charge in [-0.05, 0) is 43.5 Å². The molecule has 2 aromatic rings. The molecule has 102 valence electrons. The van der Waals surface area contributed by atoms with Crippen LogP contribution < -0.4 is 0 Å². The summed E-state index contributed by atoms with van der Waals surface area (Å²) in [6.45, 7) is 6.02. The summed E-state index contributed by atoms with van der Waals surface area (Å²) in [5.74, 6) is 0.0298. The van der Waals surface area contributed by atoms with E-state index in [1.807, 2.05) is 32.9 Å². The molecule has 0 spiro atoms. The lowest BCUT2D eigenvalue weighted by Crippen LogP contribution is -2.00. The molecule has 1 aromatic carbocycles. The Morgan fingerprint density at radius 3 is 2.40 bits per heavy atom. The van der Waals surface area contributed by atoms with Crippen molar-refractivity contribution < 1.29 is 0 Å². The minimum atomic E-state index is 0.0298. The summed E-state index contributed by atoms with van der Waals surface area (Å²) >= 11 is 12.9. The van der Waals surface area contributed by atoms with E-state index in [0.29, 0.717) is 0 Å². The average molecular weight is 304 g/mol. The Morgan fingerprint density at radius 2 is 1.75 bits per heavy atom. The molecule has 1 unspecified atom stereocenters. The standard InChI is InChI=1S/C17H15Cl2N/c1-9-7-8-12-5-4-6-13(17(12)20-9)14-10(2)15(18)11(3)16(14)19/h4-8,14H,1-3H3. The highest BCUT2D eigenvalue weighted by Gasteiger charge is 2.30. The van der Waals surface area contributed by atoms with Gasteiger partial charge in [0.2, 0.25) is 0 Å². The predicted molar refractivity (Wildman–Crippen MR) is 86.3 cm³/mol. The zero-order valence-corrected chi connectivity index (χ0v) is 13.2. The number of allylic oxidation sites excluding steroid dienone is 4. The van der Waals surface area contributed by atoms with Gasteiger partial charge in [0.05, 0.1) is 5.52 Å². The summed E-state index contributed by atoms with van der Waals surface area (Å²) in [7, 11) is 0. The van der Waals surface area contributed by atoms with Crippen molar-refractivity contribution in [1.82, 2.24) is 4.98 Å². The molecule has 1 nitrogen and oxygen atoms in total. The molecular weight excluding hydrogens is 289 g/mol. The highest BCUT2D eigenvalue weighted by Crippen LogP contribution is 2.47. The molecule has 0 amide bonds. The number of aryl methyl sites for hydroxylation is 1. The van der Waals surface area contributed by atoms with Crippen molar-refractivity contribution >= 4 is 34.1 Å². The summed E-state index contributed by atoms with van der Waals surface area (Å²) in [6, 6.07) is 10.3. The van der Waals surface area contributed by atoms with E-state index in [4.69, 9.17) is 28.2 Å². The molecule has 1 atom stereocenters. The van der Waals surface area contributed by atoms with Crippen LogP contribution in [0.2, 0.25) is 0 Å². The minimum absolute atomic E-state index is 0.0298. The van der Waals surface area contributed by atoms with E-state index in [0.717, 1.165) is 43.4 Å². The van der Waals surface area contributed by atoms with Crippen LogP contribution in [0.4, 0.5) is 0 Å². The monoisotopic (exact) mass is 303 g/mol. The maximum atomic E-state index is 6.52. The molecule has 1 heterocycles. The molecule has 1 aliphatic rings. The maximum absolute atomic E-state index is 6.52. The molecule has 0 saturated carbocycles. The number of aromatic nitrogens is 1. The van der Waals surface area contributed by atoms with Gasteiger partial charge in [0.15, 0.2) is 0 Å².